The lowest BCUT2D eigenvalue weighted by atomic mass is 9.80. The molecule has 1 aromatic carbocycles. The average Bonchev–Trinajstić information content (AvgIpc) is 2.98. The van der Waals surface area contributed by atoms with Crippen LogP contribution in [-0.4, -0.2) is 46.7 Å². The number of rotatable bonds is 5. The minimum Gasteiger partial charge on any atom is -0.329 e. The predicted octanol–water partition coefficient (Wildman–Crippen LogP) is 3.29. The van der Waals surface area contributed by atoms with Gasteiger partial charge in [0.1, 0.15) is 11.4 Å². The van der Waals surface area contributed by atoms with Crippen LogP contribution in [0.2, 0.25) is 0 Å². The largest absolute Gasteiger partial charge is 0.329 e. The Morgan fingerprint density at radius 2 is 1.83 bits per heavy atom. The Hall–Kier alpha value is -3.22. The van der Waals surface area contributed by atoms with Crippen LogP contribution in [-0.2, 0) is 4.79 Å². The third-order valence-corrected chi connectivity index (χ3v) is 5.94. The Labute approximate surface area is 169 Å². The summed E-state index contributed by atoms with van der Waals surface area (Å²) in [6, 6.07) is 12.8. The summed E-state index contributed by atoms with van der Waals surface area (Å²) < 4.78 is 0. The molecule has 1 aliphatic heterocycles. The van der Waals surface area contributed by atoms with E-state index in [4.69, 9.17) is 0 Å². The van der Waals surface area contributed by atoms with Crippen LogP contribution in [0.5, 0.6) is 0 Å². The molecule has 1 N–H and O–H groups in total. The number of aromatic nitrogens is 1. The van der Waals surface area contributed by atoms with Crippen LogP contribution in [0.1, 0.15) is 42.5 Å². The first kappa shape index (κ1) is 19.1. The van der Waals surface area contributed by atoms with E-state index in [0.29, 0.717) is 24.2 Å². The van der Waals surface area contributed by atoms with Crippen LogP contribution in [0, 0.1) is 0 Å². The van der Waals surface area contributed by atoms with Crippen molar-refractivity contribution in [2.75, 3.05) is 18.5 Å². The van der Waals surface area contributed by atoms with Crippen LogP contribution in [0.4, 0.5) is 16.3 Å². The Morgan fingerprint density at radius 1 is 1.10 bits per heavy atom. The predicted molar refractivity (Wildman–Crippen MR) is 109 cm³/mol. The van der Waals surface area contributed by atoms with Gasteiger partial charge in [-0.2, -0.15) is 0 Å². The standard InChI is InChI=1S/C22H24N4O3/c1-25(17-8-4-2-5-9-17)19-11-10-16(14-23-19)18(27)15-26-21(29)24-20(28)22(26)12-6-3-7-13-22/h2,4-5,8-11,14H,3,6-7,12-13,15H2,1H3,(H,24,28,29). The summed E-state index contributed by atoms with van der Waals surface area (Å²) >= 11 is 0. The number of urea groups is 1. The third-order valence-electron chi connectivity index (χ3n) is 5.94. The van der Waals surface area contributed by atoms with Gasteiger partial charge in [0.25, 0.3) is 5.91 Å². The van der Waals surface area contributed by atoms with Crippen molar-refractivity contribution in [1.29, 1.82) is 0 Å². The highest BCUT2D eigenvalue weighted by atomic mass is 16.2. The van der Waals surface area contributed by atoms with Gasteiger partial charge in [0.05, 0.1) is 6.54 Å². The van der Waals surface area contributed by atoms with Crippen molar-refractivity contribution in [3.63, 3.8) is 0 Å². The zero-order valence-corrected chi connectivity index (χ0v) is 16.4. The summed E-state index contributed by atoms with van der Waals surface area (Å²) in [5, 5.41) is 2.40. The summed E-state index contributed by atoms with van der Waals surface area (Å²) in [5.41, 5.74) is 0.546. The summed E-state index contributed by atoms with van der Waals surface area (Å²) in [7, 11) is 1.91. The molecule has 0 bridgehead atoms. The van der Waals surface area contributed by atoms with E-state index in [0.717, 1.165) is 24.9 Å². The highest BCUT2D eigenvalue weighted by Crippen LogP contribution is 2.37. The molecule has 2 fully saturated rings. The molecule has 0 unspecified atom stereocenters. The molecule has 7 nitrogen and oxygen atoms in total. The van der Waals surface area contributed by atoms with Crippen molar-refractivity contribution in [1.82, 2.24) is 15.2 Å². The number of carbonyl (C=O) groups excluding carboxylic acids is 3. The second kappa shape index (κ2) is 7.66. The van der Waals surface area contributed by atoms with E-state index in [9.17, 15) is 14.4 Å². The summed E-state index contributed by atoms with van der Waals surface area (Å²) in [6.07, 6.45) is 5.56. The molecule has 1 saturated heterocycles. The molecule has 1 saturated carbocycles. The molecule has 7 heteroatoms. The number of nitrogens with zero attached hydrogens (tertiary/aromatic N) is 3. The Balaban J connectivity index is 1.50. The number of benzene rings is 1. The topological polar surface area (TPSA) is 82.6 Å². The second-order valence-electron chi connectivity index (χ2n) is 7.66. The zero-order chi connectivity index (χ0) is 20.4. The normalized spacial score (nSPS) is 18.0. The highest BCUT2D eigenvalue weighted by Gasteiger charge is 2.53. The number of amides is 3. The maximum atomic E-state index is 12.8. The molecule has 3 amide bonds. The number of Topliss-reactive ketones (excluding diaryl/α,β-unsaturated/α-hetero) is 1. The van der Waals surface area contributed by atoms with Crippen molar-refractivity contribution >= 4 is 29.2 Å². The smallest absolute Gasteiger partial charge is 0.325 e. The van der Waals surface area contributed by atoms with E-state index in [2.05, 4.69) is 10.3 Å². The van der Waals surface area contributed by atoms with E-state index in [1.165, 1.54) is 11.1 Å². The molecular weight excluding hydrogens is 368 g/mol. The molecule has 1 spiro atoms. The monoisotopic (exact) mass is 392 g/mol. The molecule has 2 aliphatic rings. The van der Waals surface area contributed by atoms with Crippen molar-refractivity contribution in [3.05, 3.63) is 54.2 Å². The van der Waals surface area contributed by atoms with Gasteiger partial charge in [-0.3, -0.25) is 14.9 Å². The minimum atomic E-state index is -0.869. The quantitative estimate of drug-likeness (QED) is 0.624. The first-order valence-electron chi connectivity index (χ1n) is 9.92. The molecule has 2 heterocycles. The van der Waals surface area contributed by atoms with Crippen LogP contribution in [0.15, 0.2) is 48.7 Å². The fraction of sp³-hybridized carbons (Fsp3) is 0.364. The number of hydrogen-bond acceptors (Lipinski definition) is 5. The van der Waals surface area contributed by atoms with Gasteiger partial charge in [-0.1, -0.05) is 37.5 Å². The number of imide groups is 1. The van der Waals surface area contributed by atoms with Gasteiger partial charge in [-0.05, 0) is 37.1 Å². The van der Waals surface area contributed by atoms with Gasteiger partial charge in [0.15, 0.2) is 5.78 Å². The van der Waals surface area contributed by atoms with E-state index >= 15 is 0 Å². The van der Waals surface area contributed by atoms with Crippen LogP contribution >= 0.6 is 0 Å². The number of pyridine rings is 1. The Morgan fingerprint density at radius 3 is 2.48 bits per heavy atom. The number of nitrogens with one attached hydrogen (secondary N) is 1. The van der Waals surface area contributed by atoms with Gasteiger partial charge in [0, 0.05) is 24.5 Å². The van der Waals surface area contributed by atoms with Crippen LogP contribution in [0.25, 0.3) is 0 Å². The van der Waals surface area contributed by atoms with Crippen LogP contribution < -0.4 is 10.2 Å². The zero-order valence-electron chi connectivity index (χ0n) is 16.4. The maximum Gasteiger partial charge on any atom is 0.325 e. The van der Waals surface area contributed by atoms with E-state index in [1.807, 2.05) is 42.3 Å². The van der Waals surface area contributed by atoms with Gasteiger partial charge < -0.3 is 9.80 Å². The molecule has 150 valence electrons. The van der Waals surface area contributed by atoms with Crippen molar-refractivity contribution in [2.24, 2.45) is 0 Å². The van der Waals surface area contributed by atoms with Gasteiger partial charge >= 0.3 is 6.03 Å². The van der Waals surface area contributed by atoms with Crippen molar-refractivity contribution < 1.29 is 14.4 Å². The molecule has 0 radical (unpaired) electrons. The third kappa shape index (κ3) is 3.48. The van der Waals surface area contributed by atoms with Crippen molar-refractivity contribution in [3.8, 4) is 0 Å². The fourth-order valence-corrected chi connectivity index (χ4v) is 4.22. The molecule has 1 aliphatic carbocycles. The van der Waals surface area contributed by atoms with Crippen molar-refractivity contribution in [2.45, 2.75) is 37.6 Å². The lowest BCUT2D eigenvalue weighted by Gasteiger charge is -2.37. The number of ketones is 1. The highest BCUT2D eigenvalue weighted by molar-refractivity contribution is 6.09. The van der Waals surface area contributed by atoms with E-state index < -0.39 is 11.6 Å². The second-order valence-corrected chi connectivity index (χ2v) is 7.66. The number of hydrogen-bond donors (Lipinski definition) is 1. The van der Waals surface area contributed by atoms with Gasteiger partial charge in [-0.25, -0.2) is 9.78 Å². The Kier molecular flexibility index (Phi) is 5.05. The van der Waals surface area contributed by atoms with E-state index in [-0.39, 0.29) is 18.2 Å². The summed E-state index contributed by atoms with van der Waals surface area (Å²) in [6.45, 7) is -0.118. The number of para-hydroxylation sites is 1. The minimum absolute atomic E-state index is 0.118. The number of carbonyl (C=O) groups is 3. The lowest BCUT2D eigenvalue weighted by Crippen LogP contribution is -2.52. The van der Waals surface area contributed by atoms with E-state index in [1.54, 1.807) is 12.1 Å². The first-order valence-corrected chi connectivity index (χ1v) is 9.92. The summed E-state index contributed by atoms with van der Waals surface area (Å²) in [4.78, 5) is 45.4. The molecule has 2 aromatic rings. The molecule has 1 aromatic heterocycles. The summed E-state index contributed by atoms with van der Waals surface area (Å²) in [5.74, 6) is 0.222. The lowest BCUT2D eigenvalue weighted by molar-refractivity contribution is -0.128. The number of anilines is 2. The molecule has 29 heavy (non-hydrogen) atoms. The van der Waals surface area contributed by atoms with Gasteiger partial charge in [-0.15, -0.1) is 0 Å². The molecule has 4 rings (SSSR count). The Bertz CT molecular complexity index is 921. The fourth-order valence-electron chi connectivity index (χ4n) is 4.22. The van der Waals surface area contributed by atoms with Gasteiger partial charge in [0.2, 0.25) is 0 Å². The molecule has 0 atom stereocenters. The molecular formula is C22H24N4O3. The van der Waals surface area contributed by atoms with Crippen LogP contribution in [0.3, 0.4) is 0 Å². The SMILES string of the molecule is CN(c1ccccc1)c1ccc(C(=O)CN2C(=O)NC(=O)C23CCCCC3)cn1. The average molecular weight is 392 g/mol. The maximum absolute atomic E-state index is 12.8. The first-order chi connectivity index (χ1) is 14.0.